The minimum absolute atomic E-state index is 0.177. The number of amides is 2. The van der Waals surface area contributed by atoms with Crippen LogP contribution in [0.1, 0.15) is 18.0 Å². The van der Waals surface area contributed by atoms with Crippen molar-refractivity contribution in [2.24, 2.45) is 5.92 Å². The lowest BCUT2D eigenvalue weighted by molar-refractivity contribution is -0.126. The monoisotopic (exact) mass is 429 g/mol. The fourth-order valence-electron chi connectivity index (χ4n) is 4.62. The summed E-state index contributed by atoms with van der Waals surface area (Å²) in [6.07, 6.45) is 0.945. The number of carbonyl (C=O) groups excluding carboxylic acids is 2. The summed E-state index contributed by atoms with van der Waals surface area (Å²) < 4.78 is 14.3. The molecule has 0 N–H and O–H groups in total. The standard InChI is InChI=1S/C20H17BrFN3O2/c21-13-4-8-15(9-5-13)25-19(26)16-17(12-2-6-14(22)7-3-12)23-10-1-11-24(23)18(16)20(25)27/h2-9,16-18H,1,10-11H2/t16-,17-,18-/m0/s1. The second kappa shape index (κ2) is 6.22. The van der Waals surface area contributed by atoms with Crippen LogP contribution in [0.25, 0.3) is 0 Å². The highest BCUT2D eigenvalue weighted by Gasteiger charge is 2.62. The van der Waals surface area contributed by atoms with E-state index < -0.39 is 12.0 Å². The van der Waals surface area contributed by atoms with Gasteiger partial charge < -0.3 is 0 Å². The topological polar surface area (TPSA) is 43.9 Å². The van der Waals surface area contributed by atoms with Crippen LogP contribution in [0, 0.1) is 11.7 Å². The molecule has 3 saturated heterocycles. The number of anilines is 1. The molecule has 3 aliphatic rings. The molecule has 0 aromatic heterocycles. The van der Waals surface area contributed by atoms with Gasteiger partial charge in [-0.2, -0.15) is 0 Å². The summed E-state index contributed by atoms with van der Waals surface area (Å²) in [5.41, 5.74) is 1.46. The third-order valence-electron chi connectivity index (χ3n) is 5.70. The van der Waals surface area contributed by atoms with Crippen LogP contribution in [0.15, 0.2) is 53.0 Å². The van der Waals surface area contributed by atoms with E-state index in [0.29, 0.717) is 5.69 Å². The maximum Gasteiger partial charge on any atom is 0.253 e. The first-order valence-electron chi connectivity index (χ1n) is 8.98. The molecule has 7 heteroatoms. The van der Waals surface area contributed by atoms with E-state index in [1.807, 2.05) is 17.1 Å². The molecule has 2 amide bonds. The molecule has 0 unspecified atom stereocenters. The molecule has 3 aliphatic heterocycles. The van der Waals surface area contributed by atoms with Crippen molar-refractivity contribution < 1.29 is 14.0 Å². The number of imide groups is 1. The van der Waals surface area contributed by atoms with Gasteiger partial charge in [0.15, 0.2) is 0 Å². The van der Waals surface area contributed by atoms with Crippen molar-refractivity contribution in [1.29, 1.82) is 0 Å². The molecule has 3 fully saturated rings. The summed E-state index contributed by atoms with van der Waals surface area (Å²) in [5, 5.41) is 4.16. The van der Waals surface area contributed by atoms with Gasteiger partial charge in [-0.1, -0.05) is 28.1 Å². The summed E-state index contributed by atoms with van der Waals surface area (Å²) in [7, 11) is 0. The van der Waals surface area contributed by atoms with Crippen molar-refractivity contribution in [2.75, 3.05) is 18.0 Å². The maximum absolute atomic E-state index is 13.4. The first-order chi connectivity index (χ1) is 13.1. The zero-order valence-electron chi connectivity index (χ0n) is 14.4. The predicted octanol–water partition coefficient (Wildman–Crippen LogP) is 3.12. The Morgan fingerprint density at radius 3 is 2.15 bits per heavy atom. The van der Waals surface area contributed by atoms with Crippen LogP contribution in [0.3, 0.4) is 0 Å². The van der Waals surface area contributed by atoms with Crippen LogP contribution in [0.2, 0.25) is 0 Å². The van der Waals surface area contributed by atoms with E-state index in [1.165, 1.54) is 17.0 Å². The van der Waals surface area contributed by atoms with E-state index >= 15 is 0 Å². The molecule has 0 saturated carbocycles. The number of nitrogens with zero attached hydrogens (tertiary/aromatic N) is 3. The van der Waals surface area contributed by atoms with E-state index in [1.54, 1.807) is 24.3 Å². The van der Waals surface area contributed by atoms with Crippen LogP contribution in [-0.4, -0.2) is 41.0 Å². The fourth-order valence-corrected chi connectivity index (χ4v) is 4.88. The van der Waals surface area contributed by atoms with Crippen LogP contribution < -0.4 is 4.90 Å². The molecule has 3 heterocycles. The SMILES string of the molecule is O=C1[C@@H]2[C@@H](C(=O)N1c1ccc(Br)cc1)N1CCCN1[C@H]2c1ccc(F)cc1. The van der Waals surface area contributed by atoms with Gasteiger partial charge in [-0.25, -0.2) is 19.3 Å². The maximum atomic E-state index is 13.4. The summed E-state index contributed by atoms with van der Waals surface area (Å²) in [6, 6.07) is 12.7. The Hall–Kier alpha value is -2.09. The zero-order valence-corrected chi connectivity index (χ0v) is 16.0. The van der Waals surface area contributed by atoms with Gasteiger partial charge in [-0.15, -0.1) is 0 Å². The first kappa shape index (κ1) is 17.0. The molecule has 2 aromatic carbocycles. The molecule has 0 radical (unpaired) electrons. The van der Waals surface area contributed by atoms with Crippen molar-refractivity contribution in [1.82, 2.24) is 10.0 Å². The molecule has 0 aliphatic carbocycles. The molecule has 27 heavy (non-hydrogen) atoms. The van der Waals surface area contributed by atoms with Gasteiger partial charge in [0.1, 0.15) is 11.9 Å². The molecule has 0 spiro atoms. The summed E-state index contributed by atoms with van der Waals surface area (Å²) in [6.45, 7) is 1.56. The van der Waals surface area contributed by atoms with Gasteiger partial charge in [0, 0.05) is 17.6 Å². The van der Waals surface area contributed by atoms with E-state index in [9.17, 15) is 14.0 Å². The number of hydrogen-bond acceptors (Lipinski definition) is 4. The number of rotatable bonds is 2. The number of halogens is 2. The normalized spacial score (nSPS) is 28.1. The highest BCUT2D eigenvalue weighted by atomic mass is 79.9. The van der Waals surface area contributed by atoms with Crippen LogP contribution in [-0.2, 0) is 9.59 Å². The molecular weight excluding hydrogens is 413 g/mol. The van der Waals surface area contributed by atoms with Crippen molar-refractivity contribution in [3.8, 4) is 0 Å². The number of benzene rings is 2. The Bertz CT molecular complexity index is 918. The number of hydrazine groups is 1. The van der Waals surface area contributed by atoms with Gasteiger partial charge in [0.25, 0.3) is 5.91 Å². The molecule has 5 rings (SSSR count). The summed E-state index contributed by atoms with van der Waals surface area (Å²) >= 11 is 3.38. The Kier molecular flexibility index (Phi) is 3.93. The van der Waals surface area contributed by atoms with Crippen LogP contribution in [0.4, 0.5) is 10.1 Å². The lowest BCUT2D eigenvalue weighted by Crippen LogP contribution is -2.44. The second-order valence-electron chi connectivity index (χ2n) is 7.14. The summed E-state index contributed by atoms with van der Waals surface area (Å²) in [4.78, 5) is 27.9. The van der Waals surface area contributed by atoms with Gasteiger partial charge in [0.2, 0.25) is 5.91 Å². The average Bonchev–Trinajstić information content (AvgIpc) is 3.30. The molecule has 3 atom stereocenters. The largest absolute Gasteiger partial charge is 0.274 e. The molecule has 138 valence electrons. The predicted molar refractivity (Wildman–Crippen MR) is 101 cm³/mol. The first-order valence-corrected chi connectivity index (χ1v) is 9.77. The Morgan fingerprint density at radius 1 is 0.852 bits per heavy atom. The molecular formula is C20H17BrFN3O2. The van der Waals surface area contributed by atoms with Gasteiger partial charge in [0.05, 0.1) is 17.6 Å². The quantitative estimate of drug-likeness (QED) is 0.687. The second-order valence-corrected chi connectivity index (χ2v) is 8.05. The van der Waals surface area contributed by atoms with Crippen molar-refractivity contribution in [3.05, 3.63) is 64.4 Å². The molecule has 0 bridgehead atoms. The van der Waals surface area contributed by atoms with E-state index in [2.05, 4.69) is 20.9 Å². The third-order valence-corrected chi connectivity index (χ3v) is 6.23. The average molecular weight is 430 g/mol. The Labute approximate surface area is 164 Å². The van der Waals surface area contributed by atoms with Crippen LogP contribution in [0.5, 0.6) is 0 Å². The number of fused-ring (bicyclic) bond motifs is 3. The van der Waals surface area contributed by atoms with Gasteiger partial charge >= 0.3 is 0 Å². The van der Waals surface area contributed by atoms with Crippen LogP contribution >= 0.6 is 15.9 Å². The lowest BCUT2D eigenvalue weighted by atomic mass is 9.90. The third kappa shape index (κ3) is 2.49. The highest BCUT2D eigenvalue weighted by molar-refractivity contribution is 9.10. The van der Waals surface area contributed by atoms with Crippen molar-refractivity contribution in [3.63, 3.8) is 0 Å². The van der Waals surface area contributed by atoms with E-state index in [0.717, 1.165) is 29.5 Å². The lowest BCUT2D eigenvalue weighted by Gasteiger charge is -2.29. The highest BCUT2D eigenvalue weighted by Crippen LogP contribution is 2.48. The minimum Gasteiger partial charge on any atom is -0.274 e. The molecule has 5 nitrogen and oxygen atoms in total. The Morgan fingerprint density at radius 2 is 1.48 bits per heavy atom. The minimum atomic E-state index is -0.487. The fraction of sp³-hybridized carbons (Fsp3) is 0.300. The van der Waals surface area contributed by atoms with Gasteiger partial charge in [-0.05, 0) is 48.4 Å². The number of carbonyl (C=O) groups is 2. The number of hydrogen-bond donors (Lipinski definition) is 0. The van der Waals surface area contributed by atoms with Crippen molar-refractivity contribution >= 4 is 33.4 Å². The molecule has 2 aromatic rings. The Balaban J connectivity index is 1.57. The van der Waals surface area contributed by atoms with Gasteiger partial charge in [-0.3, -0.25) is 9.59 Å². The van der Waals surface area contributed by atoms with E-state index in [4.69, 9.17) is 0 Å². The zero-order chi connectivity index (χ0) is 18.7. The van der Waals surface area contributed by atoms with Crippen molar-refractivity contribution in [2.45, 2.75) is 18.5 Å². The smallest absolute Gasteiger partial charge is 0.253 e. The summed E-state index contributed by atoms with van der Waals surface area (Å²) in [5.74, 6) is -1.15. The van der Waals surface area contributed by atoms with E-state index in [-0.39, 0.29) is 23.7 Å².